The number of benzene rings is 1. The van der Waals surface area contributed by atoms with E-state index in [1.165, 1.54) is 42.4 Å². The van der Waals surface area contributed by atoms with Crippen molar-refractivity contribution >= 4 is 5.91 Å². The molecule has 1 fully saturated rings. The summed E-state index contributed by atoms with van der Waals surface area (Å²) in [5.74, 6) is 0.0980. The lowest BCUT2D eigenvalue weighted by atomic mass is 9.89. The zero-order valence-electron chi connectivity index (χ0n) is 15.3. The van der Waals surface area contributed by atoms with Crippen LogP contribution >= 0.6 is 0 Å². The number of nitrogens with one attached hydrogen (secondary N) is 1. The van der Waals surface area contributed by atoms with Gasteiger partial charge in [0.05, 0.1) is 19.2 Å². The zero-order chi connectivity index (χ0) is 17.6. The van der Waals surface area contributed by atoms with Gasteiger partial charge in [0.15, 0.2) is 0 Å². The average molecular weight is 345 g/mol. The molecule has 2 N–H and O–H groups in total. The van der Waals surface area contributed by atoms with Crippen LogP contribution in [0.2, 0.25) is 0 Å². The minimum atomic E-state index is 0.0513. The minimum absolute atomic E-state index is 0.0513. The molecule has 2 aliphatic rings. The summed E-state index contributed by atoms with van der Waals surface area (Å²) in [6.45, 7) is 7.10. The van der Waals surface area contributed by atoms with Crippen LogP contribution in [0.5, 0.6) is 0 Å². The molecular weight excluding hydrogens is 314 g/mol. The summed E-state index contributed by atoms with van der Waals surface area (Å²) in [5.41, 5.74) is 4.15. The molecule has 1 aromatic carbocycles. The maximum Gasteiger partial charge on any atom is 0.234 e. The number of carbonyl (C=O) groups is 1. The van der Waals surface area contributed by atoms with Crippen molar-refractivity contribution in [2.24, 2.45) is 0 Å². The smallest absolute Gasteiger partial charge is 0.234 e. The molecule has 1 heterocycles. The van der Waals surface area contributed by atoms with Gasteiger partial charge in [-0.25, -0.2) is 0 Å². The van der Waals surface area contributed by atoms with Crippen LogP contribution in [0.3, 0.4) is 0 Å². The molecule has 0 radical (unpaired) electrons. The largest absolute Gasteiger partial charge is 0.395 e. The Bertz CT molecular complexity index is 582. The molecule has 1 atom stereocenters. The first-order valence-electron chi connectivity index (χ1n) is 9.62. The van der Waals surface area contributed by atoms with E-state index in [2.05, 4.69) is 40.2 Å². The van der Waals surface area contributed by atoms with Crippen LogP contribution in [-0.2, 0) is 17.6 Å². The summed E-state index contributed by atoms with van der Waals surface area (Å²) in [6.07, 6.45) is 4.93. The van der Waals surface area contributed by atoms with Crippen LogP contribution in [0.1, 0.15) is 42.5 Å². The fourth-order valence-corrected chi connectivity index (χ4v) is 3.91. The average Bonchev–Trinajstić information content (AvgIpc) is 2.63. The van der Waals surface area contributed by atoms with Crippen molar-refractivity contribution in [2.45, 2.75) is 38.6 Å². The van der Waals surface area contributed by atoms with Crippen LogP contribution in [-0.4, -0.2) is 66.7 Å². The fraction of sp³-hybridized carbons (Fsp3) is 0.650. The maximum atomic E-state index is 12.4. The van der Waals surface area contributed by atoms with Gasteiger partial charge in [0.1, 0.15) is 0 Å². The van der Waals surface area contributed by atoms with Crippen molar-refractivity contribution in [3.05, 3.63) is 34.9 Å². The minimum Gasteiger partial charge on any atom is -0.395 e. The Balaban J connectivity index is 1.48. The van der Waals surface area contributed by atoms with E-state index in [9.17, 15) is 4.79 Å². The summed E-state index contributed by atoms with van der Waals surface area (Å²) in [7, 11) is 0. The van der Waals surface area contributed by atoms with Gasteiger partial charge in [-0.3, -0.25) is 14.6 Å². The summed E-state index contributed by atoms with van der Waals surface area (Å²) in [5, 5.41) is 12.1. The molecule has 1 aliphatic carbocycles. The summed E-state index contributed by atoms with van der Waals surface area (Å²) >= 11 is 0. The fourth-order valence-electron chi connectivity index (χ4n) is 3.91. The van der Waals surface area contributed by atoms with E-state index in [4.69, 9.17) is 5.11 Å². The van der Waals surface area contributed by atoms with E-state index < -0.39 is 0 Å². The second kappa shape index (κ2) is 8.79. The third-order valence-corrected chi connectivity index (χ3v) is 5.50. The molecule has 138 valence electrons. The predicted molar refractivity (Wildman–Crippen MR) is 99.6 cm³/mol. The van der Waals surface area contributed by atoms with Crippen molar-refractivity contribution < 1.29 is 9.90 Å². The van der Waals surface area contributed by atoms with Crippen LogP contribution in [0.15, 0.2) is 18.2 Å². The van der Waals surface area contributed by atoms with Gasteiger partial charge >= 0.3 is 0 Å². The summed E-state index contributed by atoms with van der Waals surface area (Å²) in [4.78, 5) is 16.8. The van der Waals surface area contributed by atoms with Crippen molar-refractivity contribution in [3.8, 4) is 0 Å². The lowest BCUT2D eigenvalue weighted by molar-refractivity contribution is -0.123. The number of piperazine rings is 1. The molecule has 1 aromatic rings. The molecule has 0 bridgehead atoms. The van der Waals surface area contributed by atoms with Crippen LogP contribution < -0.4 is 5.32 Å². The number of rotatable bonds is 6. The molecule has 1 aliphatic heterocycles. The van der Waals surface area contributed by atoms with E-state index in [1.807, 2.05) is 0 Å². The molecule has 0 spiro atoms. The van der Waals surface area contributed by atoms with Crippen molar-refractivity contribution in [1.29, 1.82) is 0 Å². The highest BCUT2D eigenvalue weighted by atomic mass is 16.3. The monoisotopic (exact) mass is 345 g/mol. The Morgan fingerprint density at radius 2 is 1.80 bits per heavy atom. The highest BCUT2D eigenvalue weighted by Gasteiger charge is 2.20. The van der Waals surface area contributed by atoms with Gasteiger partial charge in [0.25, 0.3) is 0 Å². The SMILES string of the molecule is C[C@H](NC(=O)CN1CCN(CCO)CC1)c1ccc2c(c1)CCCC2. The van der Waals surface area contributed by atoms with Gasteiger partial charge in [-0.05, 0) is 49.3 Å². The quantitative estimate of drug-likeness (QED) is 0.817. The first-order chi connectivity index (χ1) is 12.2. The van der Waals surface area contributed by atoms with E-state index in [-0.39, 0.29) is 18.6 Å². The number of amides is 1. The van der Waals surface area contributed by atoms with Gasteiger partial charge in [-0.1, -0.05) is 18.2 Å². The number of hydrogen-bond acceptors (Lipinski definition) is 4. The highest BCUT2D eigenvalue weighted by molar-refractivity contribution is 5.78. The number of β-amino-alcohol motifs (C(OH)–C–C–N with tert-alkyl or cyclic N) is 1. The van der Waals surface area contributed by atoms with E-state index >= 15 is 0 Å². The van der Waals surface area contributed by atoms with Crippen LogP contribution in [0.4, 0.5) is 0 Å². The van der Waals surface area contributed by atoms with E-state index in [1.54, 1.807) is 0 Å². The lowest BCUT2D eigenvalue weighted by Gasteiger charge is -2.34. The third-order valence-electron chi connectivity index (χ3n) is 5.50. The van der Waals surface area contributed by atoms with Gasteiger partial charge in [0.2, 0.25) is 5.91 Å². The second-order valence-corrected chi connectivity index (χ2v) is 7.37. The number of fused-ring (bicyclic) bond motifs is 1. The van der Waals surface area contributed by atoms with Gasteiger partial charge in [-0.15, -0.1) is 0 Å². The normalized spacial score (nSPS) is 20.1. The third kappa shape index (κ3) is 5.03. The predicted octanol–water partition coefficient (Wildman–Crippen LogP) is 1.35. The number of aliphatic hydroxyl groups excluding tert-OH is 1. The topological polar surface area (TPSA) is 55.8 Å². The number of hydrogen-bond donors (Lipinski definition) is 2. The standard InChI is InChI=1S/C20H31N3O2/c1-16(18-7-6-17-4-2-3-5-19(17)14-18)21-20(25)15-23-10-8-22(9-11-23)12-13-24/h6-7,14,16,24H,2-5,8-13,15H2,1H3,(H,21,25)/t16-/m0/s1. The van der Waals surface area contributed by atoms with E-state index in [0.29, 0.717) is 6.54 Å². The zero-order valence-corrected chi connectivity index (χ0v) is 15.3. The van der Waals surface area contributed by atoms with Crippen LogP contribution in [0, 0.1) is 0 Å². The molecule has 0 aromatic heterocycles. The first-order valence-corrected chi connectivity index (χ1v) is 9.62. The molecule has 25 heavy (non-hydrogen) atoms. The number of aliphatic hydroxyl groups is 1. The molecule has 3 rings (SSSR count). The Hall–Kier alpha value is -1.43. The number of nitrogens with zero attached hydrogens (tertiary/aromatic N) is 2. The molecule has 0 saturated carbocycles. The first kappa shape index (κ1) is 18.4. The lowest BCUT2D eigenvalue weighted by Crippen LogP contribution is -2.50. The van der Waals surface area contributed by atoms with E-state index in [0.717, 1.165) is 32.7 Å². The van der Waals surface area contributed by atoms with Gasteiger partial charge < -0.3 is 10.4 Å². The van der Waals surface area contributed by atoms with Crippen molar-refractivity contribution in [2.75, 3.05) is 45.9 Å². The Labute approximate surface area is 151 Å². The molecule has 1 amide bonds. The van der Waals surface area contributed by atoms with Crippen molar-refractivity contribution in [1.82, 2.24) is 15.1 Å². The van der Waals surface area contributed by atoms with Crippen LogP contribution in [0.25, 0.3) is 0 Å². The number of carbonyl (C=O) groups excluding carboxylic acids is 1. The van der Waals surface area contributed by atoms with Crippen molar-refractivity contribution in [3.63, 3.8) is 0 Å². The summed E-state index contributed by atoms with van der Waals surface area (Å²) in [6, 6.07) is 6.75. The molecular formula is C20H31N3O2. The maximum absolute atomic E-state index is 12.4. The second-order valence-electron chi connectivity index (χ2n) is 7.37. The molecule has 1 saturated heterocycles. The van der Waals surface area contributed by atoms with Gasteiger partial charge in [0, 0.05) is 32.7 Å². The Morgan fingerprint density at radius 3 is 2.52 bits per heavy atom. The molecule has 0 unspecified atom stereocenters. The highest BCUT2D eigenvalue weighted by Crippen LogP contribution is 2.24. The summed E-state index contributed by atoms with van der Waals surface area (Å²) < 4.78 is 0. The molecule has 5 nitrogen and oxygen atoms in total. The number of aryl methyl sites for hydroxylation is 2. The Morgan fingerprint density at radius 1 is 1.12 bits per heavy atom. The van der Waals surface area contributed by atoms with Gasteiger partial charge in [-0.2, -0.15) is 0 Å². The Kier molecular flexibility index (Phi) is 6.45. The molecule has 5 heteroatoms.